The minimum Gasteiger partial charge on any atom is -0.320 e. The van der Waals surface area contributed by atoms with Gasteiger partial charge in [-0.05, 0) is 18.2 Å². The number of hydrogen-bond acceptors (Lipinski definition) is 7. The molecule has 4 heterocycles. The van der Waals surface area contributed by atoms with Gasteiger partial charge in [0.1, 0.15) is 11.8 Å². The van der Waals surface area contributed by atoms with Gasteiger partial charge in [0, 0.05) is 17.0 Å². The first-order valence-corrected chi connectivity index (χ1v) is 10.4. The van der Waals surface area contributed by atoms with Gasteiger partial charge in [0.15, 0.2) is 11.5 Å². The van der Waals surface area contributed by atoms with E-state index >= 15 is 0 Å². The Labute approximate surface area is 204 Å². The van der Waals surface area contributed by atoms with Crippen molar-refractivity contribution in [1.29, 1.82) is 5.26 Å². The number of carbonyl (C=O) groups is 1. The third-order valence-electron chi connectivity index (χ3n) is 5.09. The smallest absolute Gasteiger partial charge is 0.320 e. The van der Waals surface area contributed by atoms with E-state index in [9.17, 15) is 23.2 Å². The lowest BCUT2D eigenvalue weighted by molar-refractivity contribution is -0.143. The lowest BCUT2D eigenvalue weighted by Gasteiger charge is -2.14. The summed E-state index contributed by atoms with van der Waals surface area (Å²) >= 11 is 6.18. The van der Waals surface area contributed by atoms with Gasteiger partial charge in [0.05, 0.1) is 46.7 Å². The molecule has 0 unspecified atom stereocenters. The SMILES string of the molecule is N#Cc1nccc2c(-n3ncc(C(=O)Nc4cnc(-n5nccn5)c(Cl)c4)c3C(F)(F)F)cccc12. The molecule has 0 radical (unpaired) electrons. The van der Waals surface area contributed by atoms with Gasteiger partial charge in [-0.2, -0.15) is 33.7 Å². The maximum Gasteiger partial charge on any atom is 0.434 e. The third-order valence-corrected chi connectivity index (χ3v) is 5.37. The molecule has 0 saturated carbocycles. The fraction of sp³-hybridized carbons (Fsp3) is 0.0455. The summed E-state index contributed by atoms with van der Waals surface area (Å²) in [6.07, 6.45) is 1.23. The largest absolute Gasteiger partial charge is 0.434 e. The molecule has 1 aromatic carbocycles. The van der Waals surface area contributed by atoms with Crippen LogP contribution in [0.25, 0.3) is 22.3 Å². The van der Waals surface area contributed by atoms with Crippen molar-refractivity contribution < 1.29 is 18.0 Å². The highest BCUT2D eigenvalue weighted by Gasteiger charge is 2.41. The number of halogens is 4. The summed E-state index contributed by atoms with van der Waals surface area (Å²) in [5.74, 6) is -0.901. The summed E-state index contributed by atoms with van der Waals surface area (Å²) in [5, 5.41) is 24.0. The number of rotatable bonds is 4. The number of alkyl halides is 3. The van der Waals surface area contributed by atoms with Gasteiger partial charge in [-0.15, -0.1) is 4.80 Å². The van der Waals surface area contributed by atoms with Crippen molar-refractivity contribution in [3.63, 3.8) is 0 Å². The maximum absolute atomic E-state index is 14.2. The first-order valence-electron chi connectivity index (χ1n) is 10.0. The van der Waals surface area contributed by atoms with Gasteiger partial charge >= 0.3 is 6.18 Å². The zero-order chi connectivity index (χ0) is 25.4. The minimum absolute atomic E-state index is 0.0264. The topological polar surface area (TPSA) is 127 Å². The summed E-state index contributed by atoms with van der Waals surface area (Å²) < 4.78 is 43.2. The summed E-state index contributed by atoms with van der Waals surface area (Å²) in [6, 6.07) is 9.13. The van der Waals surface area contributed by atoms with E-state index in [0.29, 0.717) is 15.5 Å². The van der Waals surface area contributed by atoms with E-state index in [0.717, 1.165) is 11.0 Å². The quantitative estimate of drug-likeness (QED) is 0.384. The molecule has 10 nitrogen and oxygen atoms in total. The molecule has 0 fully saturated rings. The van der Waals surface area contributed by atoms with E-state index in [2.05, 4.69) is 30.6 Å². The summed E-state index contributed by atoms with van der Waals surface area (Å²) in [4.78, 5) is 22.0. The fourth-order valence-corrected chi connectivity index (χ4v) is 3.85. The van der Waals surface area contributed by atoms with Crippen LogP contribution in [0.5, 0.6) is 0 Å². The molecule has 0 spiro atoms. The lowest BCUT2D eigenvalue weighted by atomic mass is 10.1. The molecule has 0 bridgehead atoms. The Hall–Kier alpha value is -4.83. The molecule has 0 aliphatic rings. The van der Waals surface area contributed by atoms with Gasteiger partial charge in [-0.3, -0.25) is 4.79 Å². The molecule has 1 N–H and O–H groups in total. The van der Waals surface area contributed by atoms with Crippen LogP contribution in [0.3, 0.4) is 0 Å². The normalized spacial score (nSPS) is 11.4. The number of nitrogens with zero attached hydrogens (tertiary/aromatic N) is 8. The Morgan fingerprint density at radius 3 is 2.50 bits per heavy atom. The Kier molecular flexibility index (Phi) is 5.57. The Morgan fingerprint density at radius 1 is 1.03 bits per heavy atom. The number of benzene rings is 1. The highest BCUT2D eigenvalue weighted by Crippen LogP contribution is 2.36. The van der Waals surface area contributed by atoms with E-state index in [1.807, 2.05) is 6.07 Å². The molecule has 0 atom stereocenters. The maximum atomic E-state index is 14.2. The van der Waals surface area contributed by atoms with Crippen molar-refractivity contribution in [3.8, 4) is 17.6 Å². The third kappa shape index (κ3) is 3.99. The second-order valence-corrected chi connectivity index (χ2v) is 7.67. The molecular weight excluding hydrogens is 499 g/mol. The van der Waals surface area contributed by atoms with Gasteiger partial charge in [-0.25, -0.2) is 14.6 Å². The minimum atomic E-state index is -4.94. The van der Waals surface area contributed by atoms with E-state index in [1.165, 1.54) is 49.1 Å². The average Bonchev–Trinajstić information content (AvgIpc) is 3.54. The van der Waals surface area contributed by atoms with Crippen molar-refractivity contribution in [1.82, 2.24) is 34.7 Å². The van der Waals surface area contributed by atoms with Crippen molar-refractivity contribution >= 4 is 34.0 Å². The van der Waals surface area contributed by atoms with E-state index in [-0.39, 0.29) is 27.9 Å². The van der Waals surface area contributed by atoms with Crippen LogP contribution >= 0.6 is 11.6 Å². The zero-order valence-corrected chi connectivity index (χ0v) is 18.5. The average molecular weight is 510 g/mol. The molecular formula is C22H11ClF3N9O. The standard InChI is InChI=1S/C22H11ClF3N9O/c23-16-8-12(10-29-20(16)35-30-6-7-31-35)33-21(36)15-11-32-34(19(15)22(24,25)26)18-3-1-2-13-14(18)4-5-28-17(13)9-27/h1-8,10-11H,(H,33,36). The van der Waals surface area contributed by atoms with E-state index in [4.69, 9.17) is 11.6 Å². The van der Waals surface area contributed by atoms with Gasteiger partial charge in [0.25, 0.3) is 5.91 Å². The van der Waals surface area contributed by atoms with Crippen LogP contribution in [0.2, 0.25) is 5.02 Å². The van der Waals surface area contributed by atoms with Crippen molar-refractivity contribution in [3.05, 3.63) is 83.3 Å². The molecule has 0 saturated heterocycles. The summed E-state index contributed by atoms with van der Waals surface area (Å²) in [5.41, 5.74) is -1.89. The number of amides is 1. The number of nitriles is 1. The summed E-state index contributed by atoms with van der Waals surface area (Å²) in [6.45, 7) is 0. The first-order chi connectivity index (χ1) is 17.3. The van der Waals surface area contributed by atoms with Gasteiger partial charge in [-0.1, -0.05) is 23.7 Å². The fourth-order valence-electron chi connectivity index (χ4n) is 3.60. The van der Waals surface area contributed by atoms with Crippen LogP contribution in [0.4, 0.5) is 18.9 Å². The monoisotopic (exact) mass is 509 g/mol. The number of nitrogens with one attached hydrogen (secondary N) is 1. The predicted octanol–water partition coefficient (Wildman–Crippen LogP) is 4.19. The molecule has 0 aliphatic heterocycles. The van der Waals surface area contributed by atoms with Crippen LogP contribution in [0.1, 0.15) is 21.7 Å². The highest BCUT2D eigenvalue weighted by molar-refractivity contribution is 6.32. The van der Waals surface area contributed by atoms with Crippen molar-refractivity contribution in [2.24, 2.45) is 0 Å². The van der Waals surface area contributed by atoms with Crippen LogP contribution in [-0.4, -0.2) is 40.6 Å². The molecule has 1 amide bonds. The Morgan fingerprint density at radius 2 is 1.81 bits per heavy atom. The van der Waals surface area contributed by atoms with Crippen LogP contribution in [0.15, 0.2) is 61.3 Å². The van der Waals surface area contributed by atoms with Crippen molar-refractivity contribution in [2.75, 3.05) is 5.32 Å². The van der Waals surface area contributed by atoms with Crippen LogP contribution in [-0.2, 0) is 6.18 Å². The number of fused-ring (bicyclic) bond motifs is 1. The molecule has 36 heavy (non-hydrogen) atoms. The van der Waals surface area contributed by atoms with Gasteiger partial charge < -0.3 is 5.32 Å². The molecule has 5 aromatic rings. The molecule has 5 rings (SSSR count). The zero-order valence-electron chi connectivity index (χ0n) is 17.8. The molecule has 14 heteroatoms. The first kappa shape index (κ1) is 22.9. The predicted molar refractivity (Wildman–Crippen MR) is 121 cm³/mol. The van der Waals surface area contributed by atoms with E-state index in [1.54, 1.807) is 6.07 Å². The Balaban J connectivity index is 1.55. The highest BCUT2D eigenvalue weighted by atomic mass is 35.5. The molecule has 4 aromatic heterocycles. The van der Waals surface area contributed by atoms with Crippen LogP contribution < -0.4 is 5.32 Å². The number of hydrogen-bond donors (Lipinski definition) is 1. The second-order valence-electron chi connectivity index (χ2n) is 7.26. The Bertz CT molecular complexity index is 1660. The lowest BCUT2D eigenvalue weighted by Crippen LogP contribution is -2.21. The second kappa shape index (κ2) is 8.75. The number of carbonyl (C=O) groups excluding carboxylic acids is 1. The molecule has 178 valence electrons. The molecule has 0 aliphatic carbocycles. The van der Waals surface area contributed by atoms with Gasteiger partial charge in [0.2, 0.25) is 0 Å². The number of pyridine rings is 2. The van der Waals surface area contributed by atoms with E-state index < -0.39 is 23.3 Å². The summed E-state index contributed by atoms with van der Waals surface area (Å²) in [7, 11) is 0. The number of anilines is 1. The number of aromatic nitrogens is 7. The van der Waals surface area contributed by atoms with Crippen LogP contribution in [0, 0.1) is 11.3 Å². The van der Waals surface area contributed by atoms with Crippen molar-refractivity contribution in [2.45, 2.75) is 6.18 Å².